The van der Waals surface area contributed by atoms with E-state index in [0.29, 0.717) is 56.7 Å². The molecule has 1 atom stereocenters. The van der Waals surface area contributed by atoms with Crippen molar-refractivity contribution in [3.8, 4) is 11.7 Å². The van der Waals surface area contributed by atoms with Gasteiger partial charge in [-0.3, -0.25) is 14.2 Å². The van der Waals surface area contributed by atoms with Crippen LogP contribution in [0, 0.1) is 6.92 Å². The van der Waals surface area contributed by atoms with Crippen LogP contribution in [0.4, 0.5) is 5.82 Å². The first-order valence-corrected chi connectivity index (χ1v) is 12.5. The molecule has 1 unspecified atom stereocenters. The molecule has 1 fully saturated rings. The number of nitrogens with zero attached hydrogens (tertiary/aromatic N) is 6. The molecule has 2 amide bonds. The summed E-state index contributed by atoms with van der Waals surface area (Å²) >= 11 is 0. The highest BCUT2D eigenvalue weighted by atomic mass is 16.5. The number of furan rings is 1. The van der Waals surface area contributed by atoms with E-state index < -0.39 is 0 Å². The quantitative estimate of drug-likeness (QED) is 0.447. The Kier molecular flexibility index (Phi) is 7.68. The Morgan fingerprint density at radius 2 is 2.16 bits per heavy atom. The van der Waals surface area contributed by atoms with Crippen molar-refractivity contribution in [1.82, 2.24) is 29.7 Å². The number of amides is 2. The average Bonchev–Trinajstić information content (AvgIpc) is 3.61. The molecule has 1 N–H and O–H groups in total. The van der Waals surface area contributed by atoms with Crippen LogP contribution in [0.15, 0.2) is 47.1 Å². The molecule has 200 valence electrons. The van der Waals surface area contributed by atoms with Gasteiger partial charge in [0.05, 0.1) is 12.3 Å². The number of ether oxygens (including phenoxy) is 2. The molecule has 0 aromatic carbocycles. The molecule has 0 saturated carbocycles. The number of hydrogen-bond acceptors (Lipinski definition) is 9. The van der Waals surface area contributed by atoms with Gasteiger partial charge in [0.1, 0.15) is 25.4 Å². The number of nitrogens with one attached hydrogen (secondary N) is 1. The van der Waals surface area contributed by atoms with Crippen LogP contribution < -0.4 is 15.0 Å². The summed E-state index contributed by atoms with van der Waals surface area (Å²) in [5.74, 6) is 2.44. The fourth-order valence-corrected chi connectivity index (χ4v) is 4.67. The van der Waals surface area contributed by atoms with E-state index >= 15 is 0 Å². The Balaban J connectivity index is 1.27. The molecule has 0 bridgehead atoms. The summed E-state index contributed by atoms with van der Waals surface area (Å²) in [6.45, 7) is 4.28. The lowest BCUT2D eigenvalue weighted by Gasteiger charge is -2.42. The SMILES string of the molecule is COCC(=O)N1CCN(c2cc(C)nc(-n3ccnc3)n2)C(CC(=O)NCCC2=Cc3occc3OC2)C1. The average molecular weight is 522 g/mol. The third-order valence-corrected chi connectivity index (χ3v) is 6.56. The topological polar surface area (TPSA) is 128 Å². The van der Waals surface area contributed by atoms with Crippen LogP contribution in [0.1, 0.15) is 24.3 Å². The van der Waals surface area contributed by atoms with Crippen LogP contribution >= 0.6 is 0 Å². The van der Waals surface area contributed by atoms with Gasteiger partial charge >= 0.3 is 0 Å². The van der Waals surface area contributed by atoms with E-state index in [0.717, 1.165) is 17.0 Å². The highest BCUT2D eigenvalue weighted by Crippen LogP contribution is 2.28. The second-order valence-electron chi connectivity index (χ2n) is 9.30. The monoisotopic (exact) mass is 521 g/mol. The van der Waals surface area contributed by atoms with Crippen molar-refractivity contribution in [2.75, 3.05) is 51.4 Å². The minimum absolute atomic E-state index is 0.00484. The summed E-state index contributed by atoms with van der Waals surface area (Å²) < 4.78 is 17.9. The highest BCUT2D eigenvalue weighted by molar-refractivity contribution is 5.79. The summed E-state index contributed by atoms with van der Waals surface area (Å²) in [5.41, 5.74) is 1.84. The molecule has 3 aromatic heterocycles. The van der Waals surface area contributed by atoms with Gasteiger partial charge in [-0.05, 0) is 25.0 Å². The lowest BCUT2D eigenvalue weighted by atomic mass is 10.1. The summed E-state index contributed by atoms with van der Waals surface area (Å²) in [6.07, 6.45) is 9.51. The number of methoxy groups -OCH3 is 1. The first-order chi connectivity index (χ1) is 18.5. The van der Waals surface area contributed by atoms with Crippen LogP contribution in [-0.2, 0) is 14.3 Å². The molecule has 12 heteroatoms. The first-order valence-electron chi connectivity index (χ1n) is 12.5. The van der Waals surface area contributed by atoms with Gasteiger partial charge < -0.3 is 29.0 Å². The van der Waals surface area contributed by atoms with E-state index in [1.54, 1.807) is 40.5 Å². The second-order valence-corrected chi connectivity index (χ2v) is 9.30. The number of piperazine rings is 1. The largest absolute Gasteiger partial charge is 0.485 e. The molecule has 2 aliphatic rings. The molecule has 2 aliphatic heterocycles. The van der Waals surface area contributed by atoms with Crippen LogP contribution in [0.25, 0.3) is 12.0 Å². The predicted molar refractivity (Wildman–Crippen MR) is 138 cm³/mol. The van der Waals surface area contributed by atoms with E-state index in [1.807, 2.05) is 19.1 Å². The molecule has 3 aromatic rings. The summed E-state index contributed by atoms with van der Waals surface area (Å²) in [7, 11) is 1.50. The third kappa shape index (κ3) is 5.86. The van der Waals surface area contributed by atoms with Crippen LogP contribution in [0.3, 0.4) is 0 Å². The van der Waals surface area contributed by atoms with E-state index in [-0.39, 0.29) is 30.9 Å². The maximum Gasteiger partial charge on any atom is 0.248 e. The zero-order valence-electron chi connectivity index (χ0n) is 21.5. The van der Waals surface area contributed by atoms with E-state index in [9.17, 15) is 9.59 Å². The van der Waals surface area contributed by atoms with Crippen molar-refractivity contribution in [1.29, 1.82) is 0 Å². The fraction of sp³-hybridized carbons (Fsp3) is 0.423. The maximum atomic E-state index is 13.0. The van der Waals surface area contributed by atoms with Crippen molar-refractivity contribution in [3.05, 3.63) is 54.1 Å². The number of imidazole rings is 1. The molecular weight excluding hydrogens is 490 g/mol. The number of anilines is 1. The van der Waals surface area contributed by atoms with Gasteiger partial charge in [-0.25, -0.2) is 9.97 Å². The summed E-state index contributed by atoms with van der Waals surface area (Å²) in [6, 6.07) is 3.42. The van der Waals surface area contributed by atoms with E-state index in [1.165, 1.54) is 7.11 Å². The van der Waals surface area contributed by atoms with Crippen LogP contribution in [0.5, 0.6) is 5.75 Å². The third-order valence-electron chi connectivity index (χ3n) is 6.56. The normalized spacial score (nSPS) is 17.0. The van der Waals surface area contributed by atoms with Crippen molar-refractivity contribution in [2.24, 2.45) is 0 Å². The smallest absolute Gasteiger partial charge is 0.248 e. The van der Waals surface area contributed by atoms with Crippen molar-refractivity contribution < 1.29 is 23.5 Å². The van der Waals surface area contributed by atoms with Crippen LogP contribution in [-0.4, -0.2) is 88.8 Å². The number of hydrogen-bond donors (Lipinski definition) is 1. The Morgan fingerprint density at radius 3 is 2.97 bits per heavy atom. The van der Waals surface area contributed by atoms with Gasteiger partial charge in [0.25, 0.3) is 0 Å². The van der Waals surface area contributed by atoms with Gasteiger partial charge in [-0.1, -0.05) is 0 Å². The van der Waals surface area contributed by atoms with Gasteiger partial charge in [0.15, 0.2) is 11.5 Å². The molecule has 5 heterocycles. The van der Waals surface area contributed by atoms with Gasteiger partial charge in [-0.2, -0.15) is 4.98 Å². The number of rotatable bonds is 9. The summed E-state index contributed by atoms with van der Waals surface area (Å²) in [5, 5.41) is 3.02. The van der Waals surface area contributed by atoms with Crippen molar-refractivity contribution in [3.63, 3.8) is 0 Å². The second kappa shape index (κ2) is 11.5. The zero-order chi connectivity index (χ0) is 26.5. The molecule has 0 radical (unpaired) electrons. The lowest BCUT2D eigenvalue weighted by Crippen LogP contribution is -2.57. The number of carbonyl (C=O) groups is 2. The molecule has 12 nitrogen and oxygen atoms in total. The Labute approximate surface area is 220 Å². The van der Waals surface area contributed by atoms with E-state index in [4.69, 9.17) is 18.9 Å². The molecule has 0 spiro atoms. The number of fused-ring (bicyclic) bond motifs is 1. The molecule has 38 heavy (non-hydrogen) atoms. The lowest BCUT2D eigenvalue weighted by molar-refractivity contribution is -0.136. The molecule has 5 rings (SSSR count). The zero-order valence-corrected chi connectivity index (χ0v) is 21.5. The van der Waals surface area contributed by atoms with E-state index in [2.05, 4.69) is 20.2 Å². The summed E-state index contributed by atoms with van der Waals surface area (Å²) in [4.78, 5) is 42.8. The standard InChI is InChI=1S/C26H31N7O5/c1-18-11-23(30-26(29-18)32-7-6-27-17-32)33-9-8-31(25(35)16-36-2)14-20(33)13-24(34)28-5-3-19-12-22-21(38-15-19)4-10-37-22/h4,6-7,10-12,17,20H,3,5,8-9,13-16H2,1-2H3,(H,28,34). The minimum atomic E-state index is -0.266. The minimum Gasteiger partial charge on any atom is -0.485 e. The van der Waals surface area contributed by atoms with Gasteiger partial charge in [0, 0.05) is 69.9 Å². The van der Waals surface area contributed by atoms with Crippen molar-refractivity contribution >= 4 is 23.7 Å². The highest BCUT2D eigenvalue weighted by Gasteiger charge is 2.32. The van der Waals surface area contributed by atoms with Gasteiger partial charge in [0.2, 0.25) is 17.8 Å². The molecule has 0 aliphatic carbocycles. The first kappa shape index (κ1) is 25.5. The molecular formula is C26H31N7O5. The predicted octanol–water partition coefficient (Wildman–Crippen LogP) is 1.60. The Bertz CT molecular complexity index is 1300. The Morgan fingerprint density at radius 1 is 1.26 bits per heavy atom. The van der Waals surface area contributed by atoms with Gasteiger partial charge in [-0.15, -0.1) is 0 Å². The molecule has 1 saturated heterocycles. The number of aromatic nitrogens is 4. The van der Waals surface area contributed by atoms with Crippen LogP contribution in [0.2, 0.25) is 0 Å². The fourth-order valence-electron chi connectivity index (χ4n) is 4.67. The maximum absolute atomic E-state index is 13.0. The Hall–Kier alpha value is -4.19. The van der Waals surface area contributed by atoms with Crippen molar-refractivity contribution in [2.45, 2.75) is 25.8 Å². The number of carbonyl (C=O) groups excluding carboxylic acids is 2. The number of aryl methyl sites for hydroxylation is 1.